The lowest BCUT2D eigenvalue weighted by molar-refractivity contribution is -0.693. The zero-order chi connectivity index (χ0) is 21.5. The number of quaternary nitrogens is 1. The third kappa shape index (κ3) is 6.35. The van der Waals surface area contributed by atoms with Crippen LogP contribution in [0, 0.1) is 6.92 Å². The van der Waals surface area contributed by atoms with Gasteiger partial charge in [-0.1, -0.05) is 65.7 Å². The highest BCUT2D eigenvalue weighted by atomic mass is 35.5. The molecule has 3 aromatic rings. The van der Waals surface area contributed by atoms with Gasteiger partial charge in [-0.05, 0) is 63.1 Å². The van der Waals surface area contributed by atoms with E-state index >= 15 is 0 Å². The van der Waals surface area contributed by atoms with Gasteiger partial charge in [0, 0.05) is 22.9 Å². The Bertz CT molecular complexity index is 901. The molecule has 0 spiro atoms. The van der Waals surface area contributed by atoms with Crippen molar-refractivity contribution in [1.29, 1.82) is 0 Å². The van der Waals surface area contributed by atoms with E-state index in [1.54, 1.807) is 0 Å². The van der Waals surface area contributed by atoms with Crippen LogP contribution in [0.1, 0.15) is 61.4 Å². The maximum absolute atomic E-state index is 6.03. The summed E-state index contributed by atoms with van der Waals surface area (Å²) in [5.41, 5.74) is 5.30. The van der Waals surface area contributed by atoms with Gasteiger partial charge in [0.15, 0.2) is 0 Å². The van der Waals surface area contributed by atoms with Crippen LogP contribution in [-0.2, 0) is 0 Å². The summed E-state index contributed by atoms with van der Waals surface area (Å²) in [4.78, 5) is 0. The smallest absolute Gasteiger partial charge is 0.119 e. The Morgan fingerprint density at radius 2 is 1.30 bits per heavy atom. The largest absolute Gasteiger partial charge is 0.491 e. The second kappa shape index (κ2) is 10.7. The molecule has 3 rings (SSSR count). The summed E-state index contributed by atoms with van der Waals surface area (Å²) < 4.78 is 5.82. The lowest BCUT2D eigenvalue weighted by Gasteiger charge is -2.20. The lowest BCUT2D eigenvalue weighted by atomic mass is 9.88. The molecule has 0 radical (unpaired) electrons. The van der Waals surface area contributed by atoms with E-state index < -0.39 is 0 Å². The third-order valence-electron chi connectivity index (χ3n) is 5.51. The van der Waals surface area contributed by atoms with Crippen LogP contribution in [-0.4, -0.2) is 12.6 Å². The van der Waals surface area contributed by atoms with Gasteiger partial charge in [-0.15, -0.1) is 0 Å². The first-order valence-electron chi connectivity index (χ1n) is 10.8. The molecule has 0 aliphatic carbocycles. The van der Waals surface area contributed by atoms with Gasteiger partial charge in [-0.25, -0.2) is 0 Å². The summed E-state index contributed by atoms with van der Waals surface area (Å²) in [5, 5.41) is 3.20. The number of aryl methyl sites for hydroxylation is 1. The third-order valence-corrected chi connectivity index (χ3v) is 5.76. The molecule has 0 unspecified atom stereocenters. The van der Waals surface area contributed by atoms with Crippen molar-refractivity contribution in [3.8, 4) is 5.75 Å². The van der Waals surface area contributed by atoms with E-state index in [4.69, 9.17) is 16.3 Å². The first-order valence-corrected chi connectivity index (χ1v) is 11.2. The average molecular weight is 423 g/mol. The quantitative estimate of drug-likeness (QED) is 0.431. The van der Waals surface area contributed by atoms with Gasteiger partial charge >= 0.3 is 0 Å². The molecule has 0 heterocycles. The molecule has 158 valence electrons. The molecule has 0 aliphatic heterocycles. The predicted molar refractivity (Wildman–Crippen MR) is 127 cm³/mol. The standard InChI is InChI=1S/C27H32ClNO/c1-19(2)30-26-15-11-24(12-16-26)27(23-7-5-20(3)6-8-23)17-18-29-21(4)22-9-13-25(28)14-10-22/h5-16,19,21,27,29H,17-18H2,1-4H3/p+1/t21-,27-/m1/s1. The van der Waals surface area contributed by atoms with Crippen molar-refractivity contribution in [2.24, 2.45) is 0 Å². The summed E-state index contributed by atoms with van der Waals surface area (Å²) >= 11 is 6.03. The van der Waals surface area contributed by atoms with Crippen LogP contribution in [0.15, 0.2) is 72.8 Å². The molecule has 0 saturated heterocycles. The number of ether oxygens (including phenoxy) is 1. The van der Waals surface area contributed by atoms with Crippen LogP contribution >= 0.6 is 11.6 Å². The van der Waals surface area contributed by atoms with Crippen LogP contribution in [0.4, 0.5) is 0 Å². The Morgan fingerprint density at radius 1 is 0.767 bits per heavy atom. The maximum atomic E-state index is 6.03. The first kappa shape index (κ1) is 22.4. The minimum absolute atomic E-state index is 0.188. The van der Waals surface area contributed by atoms with Crippen LogP contribution in [0.2, 0.25) is 5.02 Å². The molecule has 0 aliphatic rings. The Kier molecular flexibility index (Phi) is 7.95. The van der Waals surface area contributed by atoms with Crippen molar-refractivity contribution in [1.82, 2.24) is 0 Å². The average Bonchev–Trinajstić information content (AvgIpc) is 2.73. The highest BCUT2D eigenvalue weighted by Gasteiger charge is 2.17. The maximum Gasteiger partial charge on any atom is 0.119 e. The zero-order valence-corrected chi connectivity index (χ0v) is 19.2. The molecule has 2 nitrogen and oxygen atoms in total. The second-order valence-corrected chi connectivity index (χ2v) is 8.79. The van der Waals surface area contributed by atoms with E-state index in [-0.39, 0.29) is 6.10 Å². The van der Waals surface area contributed by atoms with Gasteiger partial charge in [0.2, 0.25) is 0 Å². The monoisotopic (exact) mass is 422 g/mol. The molecule has 0 saturated carbocycles. The summed E-state index contributed by atoms with van der Waals surface area (Å²) in [6.45, 7) is 9.55. The number of hydrogen-bond donors (Lipinski definition) is 1. The number of halogens is 1. The number of nitrogens with two attached hydrogens (primary N) is 1. The van der Waals surface area contributed by atoms with E-state index in [1.165, 1.54) is 22.3 Å². The van der Waals surface area contributed by atoms with E-state index in [0.29, 0.717) is 12.0 Å². The fourth-order valence-corrected chi connectivity index (χ4v) is 3.92. The SMILES string of the molecule is Cc1ccc([C@@H](CC[NH2+][C@H](C)c2ccc(Cl)cc2)c2ccc(OC(C)C)cc2)cc1. The van der Waals surface area contributed by atoms with Gasteiger partial charge < -0.3 is 10.1 Å². The van der Waals surface area contributed by atoms with Crippen LogP contribution in [0.3, 0.4) is 0 Å². The summed E-state index contributed by atoms with van der Waals surface area (Å²) in [5.74, 6) is 1.30. The van der Waals surface area contributed by atoms with Crippen molar-refractivity contribution in [3.63, 3.8) is 0 Å². The van der Waals surface area contributed by atoms with Gasteiger partial charge in [0.1, 0.15) is 11.8 Å². The molecule has 2 atom stereocenters. The van der Waals surface area contributed by atoms with Crippen LogP contribution in [0.5, 0.6) is 5.75 Å². The minimum Gasteiger partial charge on any atom is -0.491 e. The van der Waals surface area contributed by atoms with Crippen molar-refractivity contribution in [2.45, 2.75) is 52.2 Å². The predicted octanol–water partition coefficient (Wildman–Crippen LogP) is 6.28. The summed E-state index contributed by atoms with van der Waals surface area (Å²) in [6, 6.07) is 26.1. The normalized spacial score (nSPS) is 13.3. The van der Waals surface area contributed by atoms with Crippen molar-refractivity contribution in [2.75, 3.05) is 6.54 Å². The fourth-order valence-electron chi connectivity index (χ4n) is 3.79. The lowest BCUT2D eigenvalue weighted by Crippen LogP contribution is -2.84. The van der Waals surface area contributed by atoms with Crippen molar-refractivity contribution in [3.05, 3.63) is 100 Å². The Labute approximate surface area is 186 Å². The van der Waals surface area contributed by atoms with Gasteiger partial charge in [-0.2, -0.15) is 0 Å². The molecule has 2 N–H and O–H groups in total. The van der Waals surface area contributed by atoms with E-state index in [0.717, 1.165) is 23.7 Å². The van der Waals surface area contributed by atoms with Gasteiger partial charge in [-0.3, -0.25) is 0 Å². The van der Waals surface area contributed by atoms with E-state index in [2.05, 4.69) is 93.7 Å². The molecule has 3 heteroatoms. The molecular weight excluding hydrogens is 390 g/mol. The van der Waals surface area contributed by atoms with Gasteiger partial charge in [0.25, 0.3) is 0 Å². The molecule has 0 aromatic heterocycles. The zero-order valence-electron chi connectivity index (χ0n) is 18.4. The fraction of sp³-hybridized carbons (Fsp3) is 0.333. The molecular formula is C27H33ClNO+. The number of rotatable bonds is 9. The first-order chi connectivity index (χ1) is 14.4. The molecule has 0 amide bonds. The topological polar surface area (TPSA) is 25.8 Å². The van der Waals surface area contributed by atoms with E-state index in [1.807, 2.05) is 12.1 Å². The molecule has 0 bridgehead atoms. The van der Waals surface area contributed by atoms with Gasteiger partial charge in [0.05, 0.1) is 12.6 Å². The van der Waals surface area contributed by atoms with Crippen molar-refractivity contribution >= 4 is 11.6 Å². The Morgan fingerprint density at radius 3 is 1.87 bits per heavy atom. The second-order valence-electron chi connectivity index (χ2n) is 8.35. The van der Waals surface area contributed by atoms with E-state index in [9.17, 15) is 0 Å². The number of hydrogen-bond acceptors (Lipinski definition) is 1. The van der Waals surface area contributed by atoms with Crippen LogP contribution < -0.4 is 10.1 Å². The molecule has 0 fully saturated rings. The molecule has 30 heavy (non-hydrogen) atoms. The van der Waals surface area contributed by atoms with Crippen LogP contribution in [0.25, 0.3) is 0 Å². The molecule has 3 aromatic carbocycles. The number of benzene rings is 3. The highest BCUT2D eigenvalue weighted by molar-refractivity contribution is 6.30. The Balaban J connectivity index is 1.71. The Hall–Kier alpha value is -2.29. The summed E-state index contributed by atoms with van der Waals surface area (Å²) in [6.07, 6.45) is 1.26. The van der Waals surface area contributed by atoms with Crippen molar-refractivity contribution < 1.29 is 10.1 Å². The minimum atomic E-state index is 0.188. The summed E-state index contributed by atoms with van der Waals surface area (Å²) in [7, 11) is 0. The highest BCUT2D eigenvalue weighted by Crippen LogP contribution is 2.29.